The maximum atomic E-state index is 11.8. The molecule has 2 N–H and O–H groups in total. The summed E-state index contributed by atoms with van der Waals surface area (Å²) in [6, 6.07) is -0.0840. The second-order valence-corrected chi connectivity index (χ2v) is 5.25. The summed E-state index contributed by atoms with van der Waals surface area (Å²) in [4.78, 5) is 16.3. The highest BCUT2D eigenvalue weighted by molar-refractivity contribution is 5.95. The third kappa shape index (κ3) is 2.02. The van der Waals surface area contributed by atoms with Crippen molar-refractivity contribution in [3.63, 3.8) is 0 Å². The summed E-state index contributed by atoms with van der Waals surface area (Å²) in [5.74, 6) is 1.69. The molecule has 0 aliphatic heterocycles. The lowest BCUT2D eigenvalue weighted by atomic mass is 9.89. The van der Waals surface area contributed by atoms with Crippen molar-refractivity contribution in [1.29, 1.82) is 0 Å². The van der Waals surface area contributed by atoms with Crippen LogP contribution >= 0.6 is 0 Å². The van der Waals surface area contributed by atoms with E-state index in [0.29, 0.717) is 24.5 Å². The van der Waals surface area contributed by atoms with Crippen LogP contribution in [0, 0.1) is 0 Å². The average molecular weight is 234 g/mol. The Morgan fingerprint density at radius 2 is 1.94 bits per heavy atom. The summed E-state index contributed by atoms with van der Waals surface area (Å²) in [5, 5.41) is 0. The largest absolute Gasteiger partial charge is 0.437 e. The minimum Gasteiger partial charge on any atom is -0.437 e. The van der Waals surface area contributed by atoms with Gasteiger partial charge in [-0.05, 0) is 12.8 Å². The highest BCUT2D eigenvalue weighted by Crippen LogP contribution is 2.34. The predicted octanol–water partition coefficient (Wildman–Crippen LogP) is 2.18. The zero-order valence-corrected chi connectivity index (χ0v) is 9.95. The topological polar surface area (TPSA) is 69.1 Å². The van der Waals surface area contributed by atoms with Gasteiger partial charge in [-0.1, -0.05) is 19.3 Å². The first-order valence-electron chi connectivity index (χ1n) is 6.52. The van der Waals surface area contributed by atoms with E-state index >= 15 is 0 Å². The zero-order chi connectivity index (χ0) is 11.8. The van der Waals surface area contributed by atoms with Crippen molar-refractivity contribution >= 4 is 5.78 Å². The van der Waals surface area contributed by atoms with Crippen molar-refractivity contribution in [2.45, 2.75) is 56.9 Å². The van der Waals surface area contributed by atoms with Crippen LogP contribution in [0.4, 0.5) is 0 Å². The van der Waals surface area contributed by atoms with Crippen LogP contribution in [0.1, 0.15) is 66.6 Å². The quantitative estimate of drug-likeness (QED) is 0.808. The minimum absolute atomic E-state index is 0.0216. The van der Waals surface area contributed by atoms with Gasteiger partial charge in [0.1, 0.15) is 0 Å². The number of hydrogen-bond acceptors (Lipinski definition) is 4. The van der Waals surface area contributed by atoms with Gasteiger partial charge in [0.05, 0.1) is 5.69 Å². The highest BCUT2D eigenvalue weighted by atomic mass is 16.4. The Hall–Kier alpha value is -1.16. The Kier molecular flexibility index (Phi) is 2.74. The molecule has 0 radical (unpaired) electrons. The molecule has 1 fully saturated rings. The third-order valence-electron chi connectivity index (χ3n) is 3.82. The molecule has 0 bridgehead atoms. The van der Waals surface area contributed by atoms with Gasteiger partial charge in [0.15, 0.2) is 11.7 Å². The summed E-state index contributed by atoms with van der Waals surface area (Å²) in [6.45, 7) is 0. The van der Waals surface area contributed by atoms with Gasteiger partial charge in [-0.3, -0.25) is 4.79 Å². The number of ketones is 1. The molecule has 0 amide bonds. The fraction of sp³-hybridized carbons (Fsp3) is 0.692. The van der Waals surface area contributed by atoms with Crippen LogP contribution in [0.25, 0.3) is 0 Å². The van der Waals surface area contributed by atoms with E-state index in [-0.39, 0.29) is 11.8 Å². The molecule has 0 spiro atoms. The van der Waals surface area contributed by atoms with Crippen LogP contribution in [-0.4, -0.2) is 16.8 Å². The predicted molar refractivity (Wildman–Crippen MR) is 63.0 cm³/mol. The van der Waals surface area contributed by atoms with E-state index in [1.54, 1.807) is 0 Å². The first-order valence-corrected chi connectivity index (χ1v) is 6.52. The lowest BCUT2D eigenvalue weighted by Gasteiger charge is -2.17. The van der Waals surface area contributed by atoms with Crippen LogP contribution in [0.5, 0.6) is 0 Å². The molecular weight excluding hydrogens is 216 g/mol. The van der Waals surface area contributed by atoms with Crippen molar-refractivity contribution in [3.8, 4) is 0 Å². The van der Waals surface area contributed by atoms with Gasteiger partial charge < -0.3 is 10.2 Å². The smallest absolute Gasteiger partial charge is 0.201 e. The Morgan fingerprint density at radius 1 is 1.18 bits per heavy atom. The number of carbonyl (C=O) groups is 1. The molecule has 2 aliphatic rings. The van der Waals surface area contributed by atoms with Gasteiger partial charge in [0, 0.05) is 24.8 Å². The third-order valence-corrected chi connectivity index (χ3v) is 3.82. The maximum absolute atomic E-state index is 11.8. The Balaban J connectivity index is 1.88. The second kappa shape index (κ2) is 4.26. The number of aromatic nitrogens is 1. The van der Waals surface area contributed by atoms with E-state index in [4.69, 9.17) is 10.2 Å². The van der Waals surface area contributed by atoms with E-state index < -0.39 is 0 Å². The number of carbonyl (C=O) groups excluding carboxylic acids is 1. The van der Waals surface area contributed by atoms with Crippen LogP contribution in [0.15, 0.2) is 4.42 Å². The molecule has 1 unspecified atom stereocenters. The Labute approximate surface area is 101 Å². The van der Waals surface area contributed by atoms with Crippen molar-refractivity contribution in [1.82, 2.24) is 4.98 Å². The second-order valence-electron chi connectivity index (χ2n) is 5.25. The van der Waals surface area contributed by atoms with Gasteiger partial charge in [-0.25, -0.2) is 4.98 Å². The van der Waals surface area contributed by atoms with E-state index in [1.807, 2.05) is 0 Å². The molecule has 17 heavy (non-hydrogen) atoms. The van der Waals surface area contributed by atoms with Crippen molar-refractivity contribution < 1.29 is 9.21 Å². The van der Waals surface area contributed by atoms with Crippen LogP contribution in [0.2, 0.25) is 0 Å². The summed E-state index contributed by atoms with van der Waals surface area (Å²) < 4.78 is 5.69. The number of rotatable bonds is 1. The molecule has 0 saturated heterocycles. The van der Waals surface area contributed by atoms with Crippen LogP contribution < -0.4 is 5.73 Å². The molecule has 0 aromatic carbocycles. The van der Waals surface area contributed by atoms with Gasteiger partial charge in [-0.2, -0.15) is 0 Å². The number of Topliss-reactive ketones (excluding diaryl/α,β-unsaturated/α-hetero) is 1. The summed E-state index contributed by atoms with van der Waals surface area (Å²) >= 11 is 0. The lowest BCUT2D eigenvalue weighted by molar-refractivity contribution is 0.0933. The standard InChI is InChI=1S/C13H18N2O2/c14-9-6-10-12(11(16)7-9)17-13(15-10)8-4-2-1-3-5-8/h8-9H,1-7,14H2. The van der Waals surface area contributed by atoms with Crippen molar-refractivity contribution in [2.24, 2.45) is 5.73 Å². The molecular formula is C13H18N2O2. The summed E-state index contributed by atoms with van der Waals surface area (Å²) in [7, 11) is 0. The van der Waals surface area contributed by atoms with Crippen LogP contribution in [0.3, 0.4) is 0 Å². The molecule has 2 aliphatic carbocycles. The van der Waals surface area contributed by atoms with Crippen LogP contribution in [-0.2, 0) is 6.42 Å². The maximum Gasteiger partial charge on any atom is 0.201 e. The molecule has 92 valence electrons. The van der Waals surface area contributed by atoms with E-state index in [1.165, 1.54) is 19.3 Å². The Morgan fingerprint density at radius 3 is 2.71 bits per heavy atom. The first-order chi connectivity index (χ1) is 8.24. The van der Waals surface area contributed by atoms with E-state index in [2.05, 4.69) is 4.98 Å². The average Bonchev–Trinajstić information content (AvgIpc) is 2.74. The number of hydrogen-bond donors (Lipinski definition) is 1. The fourth-order valence-electron chi connectivity index (χ4n) is 2.90. The number of nitrogens with two attached hydrogens (primary N) is 1. The highest BCUT2D eigenvalue weighted by Gasteiger charge is 2.30. The van der Waals surface area contributed by atoms with E-state index in [0.717, 1.165) is 24.4 Å². The normalized spacial score (nSPS) is 25.9. The van der Waals surface area contributed by atoms with Crippen molar-refractivity contribution in [3.05, 3.63) is 17.3 Å². The summed E-state index contributed by atoms with van der Waals surface area (Å²) in [5.41, 5.74) is 6.61. The number of nitrogens with zero attached hydrogens (tertiary/aromatic N) is 1. The van der Waals surface area contributed by atoms with Gasteiger partial charge in [-0.15, -0.1) is 0 Å². The lowest BCUT2D eigenvalue weighted by Crippen LogP contribution is -2.31. The summed E-state index contributed by atoms with van der Waals surface area (Å²) in [6.07, 6.45) is 7.14. The number of oxazole rings is 1. The first kappa shape index (κ1) is 11.0. The van der Waals surface area contributed by atoms with E-state index in [9.17, 15) is 4.79 Å². The Bertz CT molecular complexity index is 433. The van der Waals surface area contributed by atoms with Crippen molar-refractivity contribution in [2.75, 3.05) is 0 Å². The zero-order valence-electron chi connectivity index (χ0n) is 9.95. The fourth-order valence-corrected chi connectivity index (χ4v) is 2.90. The molecule has 3 rings (SSSR count). The van der Waals surface area contributed by atoms with Gasteiger partial charge >= 0.3 is 0 Å². The monoisotopic (exact) mass is 234 g/mol. The SMILES string of the molecule is NC1CC(=O)c2oc(C3CCCCC3)nc2C1. The molecule has 1 atom stereocenters. The molecule has 4 heteroatoms. The minimum atomic E-state index is -0.0840. The molecule has 1 heterocycles. The molecule has 1 aromatic rings. The molecule has 1 aromatic heterocycles. The van der Waals surface area contributed by atoms with Gasteiger partial charge in [0.2, 0.25) is 5.78 Å². The molecule has 4 nitrogen and oxygen atoms in total. The van der Waals surface area contributed by atoms with Gasteiger partial charge in [0.25, 0.3) is 0 Å². The number of fused-ring (bicyclic) bond motifs is 1. The molecule has 1 saturated carbocycles.